The minimum absolute atomic E-state index is 0.0280. The molecular formula is C22H28N2O2. The molecule has 1 fully saturated rings. The summed E-state index contributed by atoms with van der Waals surface area (Å²) in [6.07, 6.45) is 4.22. The van der Waals surface area contributed by atoms with E-state index in [1.807, 2.05) is 36.4 Å². The number of hydrogen-bond donors (Lipinski definition) is 1. The zero-order chi connectivity index (χ0) is 18.6. The number of hydrogen-bond acceptors (Lipinski definition) is 3. The number of benzene rings is 2. The Labute approximate surface area is 155 Å². The van der Waals surface area contributed by atoms with Crippen LogP contribution in [-0.2, 0) is 4.79 Å². The van der Waals surface area contributed by atoms with Gasteiger partial charge in [-0.25, -0.2) is 5.43 Å². The van der Waals surface area contributed by atoms with E-state index < -0.39 is 0 Å². The molecule has 0 spiro atoms. The van der Waals surface area contributed by atoms with Gasteiger partial charge in [0.2, 0.25) is 0 Å². The molecule has 0 heterocycles. The van der Waals surface area contributed by atoms with Crippen LogP contribution in [0.3, 0.4) is 0 Å². The van der Waals surface area contributed by atoms with Crippen molar-refractivity contribution in [3.8, 4) is 5.75 Å². The van der Waals surface area contributed by atoms with Crippen LogP contribution in [0.1, 0.15) is 46.5 Å². The smallest absolute Gasteiger partial charge is 0.277 e. The molecule has 0 aromatic heterocycles. The summed E-state index contributed by atoms with van der Waals surface area (Å²) in [7, 11) is 0. The first kappa shape index (κ1) is 18.4. The van der Waals surface area contributed by atoms with E-state index in [9.17, 15) is 4.79 Å². The van der Waals surface area contributed by atoms with Gasteiger partial charge >= 0.3 is 0 Å². The van der Waals surface area contributed by atoms with Gasteiger partial charge in [-0.2, -0.15) is 5.10 Å². The van der Waals surface area contributed by atoms with Crippen molar-refractivity contribution in [3.05, 3.63) is 42.5 Å². The molecule has 0 radical (unpaired) electrons. The van der Waals surface area contributed by atoms with E-state index in [2.05, 4.69) is 37.4 Å². The first-order valence-electron chi connectivity index (χ1n) is 9.38. The van der Waals surface area contributed by atoms with Crippen LogP contribution in [-0.4, -0.2) is 18.2 Å². The van der Waals surface area contributed by atoms with Gasteiger partial charge in [-0.3, -0.25) is 4.79 Å². The lowest BCUT2D eigenvalue weighted by molar-refractivity contribution is -0.123. The summed E-state index contributed by atoms with van der Waals surface area (Å²) in [5.41, 5.74) is 4.07. The average Bonchev–Trinajstić information content (AvgIpc) is 2.64. The van der Waals surface area contributed by atoms with Crippen molar-refractivity contribution in [3.63, 3.8) is 0 Å². The zero-order valence-electron chi connectivity index (χ0n) is 15.9. The number of hydrazone groups is 1. The highest BCUT2D eigenvalue weighted by Gasteiger charge is 2.28. The number of fused-ring (bicyclic) bond motifs is 1. The van der Waals surface area contributed by atoms with Crippen LogP contribution >= 0.6 is 0 Å². The molecule has 0 unspecified atom stereocenters. The molecule has 3 rings (SSSR count). The predicted molar refractivity (Wildman–Crippen MR) is 106 cm³/mol. The molecule has 2 aromatic rings. The van der Waals surface area contributed by atoms with Gasteiger partial charge in [0.1, 0.15) is 5.75 Å². The van der Waals surface area contributed by atoms with Crippen LogP contribution < -0.4 is 10.2 Å². The Morgan fingerprint density at radius 3 is 2.50 bits per heavy atom. The second-order valence-corrected chi connectivity index (χ2v) is 8.15. The molecule has 0 saturated heterocycles. The van der Waals surface area contributed by atoms with Gasteiger partial charge in [0, 0.05) is 5.71 Å². The van der Waals surface area contributed by atoms with Gasteiger partial charge < -0.3 is 4.74 Å². The zero-order valence-corrected chi connectivity index (χ0v) is 15.9. The van der Waals surface area contributed by atoms with Gasteiger partial charge in [-0.15, -0.1) is 0 Å². The molecule has 138 valence electrons. The number of carbonyl (C=O) groups excluding carboxylic acids is 1. The minimum Gasteiger partial charge on any atom is -0.484 e. The van der Waals surface area contributed by atoms with E-state index in [1.165, 1.54) is 0 Å². The molecule has 1 N–H and O–H groups in total. The predicted octanol–water partition coefficient (Wildman–Crippen LogP) is 4.93. The number of amides is 1. The van der Waals surface area contributed by atoms with Crippen LogP contribution in [0.5, 0.6) is 5.75 Å². The van der Waals surface area contributed by atoms with Crippen LogP contribution in [0.2, 0.25) is 0 Å². The Morgan fingerprint density at radius 1 is 1.12 bits per heavy atom. The second-order valence-electron chi connectivity index (χ2n) is 8.15. The third-order valence-electron chi connectivity index (χ3n) is 5.22. The summed E-state index contributed by atoms with van der Waals surface area (Å²) in [6, 6.07) is 13.9. The quantitative estimate of drug-likeness (QED) is 0.794. The van der Waals surface area contributed by atoms with Gasteiger partial charge in [0.05, 0.1) is 0 Å². The second kappa shape index (κ2) is 7.90. The number of rotatable bonds is 4. The summed E-state index contributed by atoms with van der Waals surface area (Å²) in [5, 5.41) is 6.55. The lowest BCUT2D eigenvalue weighted by Crippen LogP contribution is -2.29. The summed E-state index contributed by atoms with van der Waals surface area (Å²) >= 11 is 0. The Kier molecular flexibility index (Phi) is 5.60. The van der Waals surface area contributed by atoms with E-state index in [0.29, 0.717) is 11.2 Å². The fourth-order valence-corrected chi connectivity index (χ4v) is 3.51. The molecule has 1 aliphatic carbocycles. The van der Waals surface area contributed by atoms with Crippen molar-refractivity contribution in [2.75, 3.05) is 6.61 Å². The van der Waals surface area contributed by atoms with Gasteiger partial charge in [0.25, 0.3) is 5.91 Å². The maximum atomic E-state index is 12.0. The van der Waals surface area contributed by atoms with E-state index in [-0.39, 0.29) is 12.5 Å². The summed E-state index contributed by atoms with van der Waals surface area (Å²) in [6.45, 7) is 6.86. The highest BCUT2D eigenvalue weighted by atomic mass is 16.5. The molecule has 1 aliphatic rings. The number of carbonyl (C=O) groups is 1. The van der Waals surface area contributed by atoms with E-state index in [1.54, 1.807) is 0 Å². The van der Waals surface area contributed by atoms with E-state index in [4.69, 9.17) is 4.74 Å². The van der Waals surface area contributed by atoms with Gasteiger partial charge in [-0.1, -0.05) is 51.1 Å². The molecule has 1 saturated carbocycles. The maximum absolute atomic E-state index is 12.0. The van der Waals surface area contributed by atoms with E-state index in [0.717, 1.165) is 48.1 Å². The highest BCUT2D eigenvalue weighted by Crippen LogP contribution is 2.36. The molecule has 4 nitrogen and oxygen atoms in total. The molecule has 0 aliphatic heterocycles. The Balaban J connectivity index is 1.47. The molecule has 0 bridgehead atoms. The van der Waals surface area contributed by atoms with Gasteiger partial charge in [-0.05, 0) is 59.9 Å². The molecular weight excluding hydrogens is 324 g/mol. The van der Waals surface area contributed by atoms with Crippen molar-refractivity contribution in [2.24, 2.45) is 16.4 Å². The third-order valence-corrected chi connectivity index (χ3v) is 5.22. The third kappa shape index (κ3) is 4.84. The molecule has 1 amide bonds. The standard InChI is InChI=1S/C22H28N2O2/c1-22(2,3)18-9-11-19(12-10-18)23-24-21(25)15-26-20-13-8-16-6-4-5-7-17(16)14-20/h4-8,13-14,18H,9-12,15H2,1-3H3,(H,24,25). The molecule has 0 atom stereocenters. The lowest BCUT2D eigenvalue weighted by Gasteiger charge is -2.34. The monoisotopic (exact) mass is 352 g/mol. The van der Waals surface area contributed by atoms with Crippen LogP contribution in [0.4, 0.5) is 0 Å². The van der Waals surface area contributed by atoms with Crippen molar-refractivity contribution in [1.82, 2.24) is 5.43 Å². The van der Waals surface area contributed by atoms with Crippen LogP contribution in [0, 0.1) is 11.3 Å². The topological polar surface area (TPSA) is 50.7 Å². The Hall–Kier alpha value is -2.36. The van der Waals surface area contributed by atoms with Gasteiger partial charge in [0.15, 0.2) is 6.61 Å². The highest BCUT2D eigenvalue weighted by molar-refractivity contribution is 5.87. The number of nitrogens with zero attached hydrogens (tertiary/aromatic N) is 1. The van der Waals surface area contributed by atoms with Crippen LogP contribution in [0.15, 0.2) is 47.6 Å². The molecule has 4 heteroatoms. The number of nitrogens with one attached hydrogen (secondary N) is 1. The maximum Gasteiger partial charge on any atom is 0.277 e. The van der Waals surface area contributed by atoms with Crippen molar-refractivity contribution >= 4 is 22.4 Å². The first-order chi connectivity index (χ1) is 12.4. The summed E-state index contributed by atoms with van der Waals surface area (Å²) in [5.74, 6) is 1.20. The molecule has 26 heavy (non-hydrogen) atoms. The SMILES string of the molecule is CC(C)(C)C1CCC(=NNC(=O)COc2ccc3ccccc3c2)CC1. The van der Waals surface area contributed by atoms with Crippen molar-refractivity contribution in [2.45, 2.75) is 46.5 Å². The fourth-order valence-electron chi connectivity index (χ4n) is 3.51. The summed E-state index contributed by atoms with van der Waals surface area (Å²) in [4.78, 5) is 12.0. The van der Waals surface area contributed by atoms with Crippen molar-refractivity contribution in [1.29, 1.82) is 0 Å². The fraction of sp³-hybridized carbons (Fsp3) is 0.455. The Morgan fingerprint density at radius 2 is 1.81 bits per heavy atom. The first-order valence-corrected chi connectivity index (χ1v) is 9.38. The minimum atomic E-state index is -0.219. The lowest BCUT2D eigenvalue weighted by atomic mass is 9.72. The Bertz CT molecular complexity index is 795. The van der Waals surface area contributed by atoms with E-state index >= 15 is 0 Å². The average molecular weight is 352 g/mol. The largest absolute Gasteiger partial charge is 0.484 e. The summed E-state index contributed by atoms with van der Waals surface area (Å²) < 4.78 is 5.60. The molecule has 2 aromatic carbocycles. The van der Waals surface area contributed by atoms with Crippen LogP contribution in [0.25, 0.3) is 10.8 Å². The number of ether oxygens (including phenoxy) is 1. The normalized spacial score (nSPS) is 17.8. The van der Waals surface area contributed by atoms with Crippen molar-refractivity contribution < 1.29 is 9.53 Å².